The second-order valence-electron chi connectivity index (χ2n) is 5.03. The molecule has 0 heterocycles. The van der Waals surface area contributed by atoms with Crippen LogP contribution in [0.15, 0.2) is 42.5 Å². The highest BCUT2D eigenvalue weighted by atomic mass is 35.5. The summed E-state index contributed by atoms with van der Waals surface area (Å²) in [5, 5.41) is 0.703. The Morgan fingerprint density at radius 1 is 1.15 bits per heavy atom. The molecule has 0 aliphatic carbocycles. The van der Waals surface area contributed by atoms with E-state index in [1.165, 1.54) is 5.56 Å². The molecule has 0 fully saturated rings. The third-order valence-corrected chi connectivity index (χ3v) is 3.36. The van der Waals surface area contributed by atoms with E-state index < -0.39 is 0 Å². The van der Waals surface area contributed by atoms with Crippen molar-refractivity contribution in [1.29, 1.82) is 0 Å². The maximum atomic E-state index is 6.05. The molecule has 2 N–H and O–H groups in total. The molecule has 1 atom stereocenters. The monoisotopic (exact) mass is 289 g/mol. The molecule has 2 rings (SSSR count). The molecule has 2 aromatic carbocycles. The van der Waals surface area contributed by atoms with Crippen molar-refractivity contribution < 1.29 is 4.74 Å². The maximum Gasteiger partial charge on any atom is 0.130 e. The van der Waals surface area contributed by atoms with Gasteiger partial charge in [0.1, 0.15) is 11.5 Å². The first-order valence-corrected chi connectivity index (χ1v) is 7.27. The Morgan fingerprint density at radius 2 is 1.85 bits per heavy atom. The molecule has 3 heteroatoms. The molecule has 0 radical (unpaired) electrons. The van der Waals surface area contributed by atoms with E-state index in [-0.39, 0.29) is 6.04 Å². The van der Waals surface area contributed by atoms with Crippen molar-refractivity contribution in [3.63, 3.8) is 0 Å². The summed E-state index contributed by atoms with van der Waals surface area (Å²) in [7, 11) is 0. The largest absolute Gasteiger partial charge is 0.457 e. The van der Waals surface area contributed by atoms with Crippen molar-refractivity contribution in [1.82, 2.24) is 0 Å². The van der Waals surface area contributed by atoms with Crippen molar-refractivity contribution in [3.05, 3.63) is 58.6 Å². The summed E-state index contributed by atoms with van der Waals surface area (Å²) in [4.78, 5) is 0. The second kappa shape index (κ2) is 6.78. The fourth-order valence-corrected chi connectivity index (χ4v) is 2.27. The van der Waals surface area contributed by atoms with Crippen molar-refractivity contribution in [2.45, 2.75) is 32.7 Å². The summed E-state index contributed by atoms with van der Waals surface area (Å²) in [6, 6.07) is 13.9. The van der Waals surface area contributed by atoms with Crippen LogP contribution in [-0.4, -0.2) is 6.04 Å². The molecule has 0 aromatic heterocycles. The normalized spacial score (nSPS) is 12.2. The third-order valence-electron chi connectivity index (χ3n) is 3.12. The Kier molecular flexibility index (Phi) is 5.05. The third kappa shape index (κ3) is 3.99. The Labute approximate surface area is 125 Å². The van der Waals surface area contributed by atoms with Gasteiger partial charge in [-0.15, -0.1) is 0 Å². The van der Waals surface area contributed by atoms with E-state index in [4.69, 9.17) is 22.1 Å². The molecule has 106 valence electrons. The van der Waals surface area contributed by atoms with E-state index in [1.54, 1.807) is 0 Å². The van der Waals surface area contributed by atoms with Gasteiger partial charge in [-0.3, -0.25) is 0 Å². The number of hydrogen-bond acceptors (Lipinski definition) is 2. The molecule has 0 saturated carbocycles. The summed E-state index contributed by atoms with van der Waals surface area (Å²) < 4.78 is 5.95. The molecular weight excluding hydrogens is 270 g/mol. The summed E-state index contributed by atoms with van der Waals surface area (Å²) in [5.41, 5.74) is 8.21. The molecule has 0 aliphatic rings. The summed E-state index contributed by atoms with van der Waals surface area (Å²) in [5.74, 6) is 1.64. The van der Waals surface area contributed by atoms with Crippen LogP contribution in [0.2, 0.25) is 5.02 Å². The van der Waals surface area contributed by atoms with Gasteiger partial charge in [-0.1, -0.05) is 30.7 Å². The van der Waals surface area contributed by atoms with Crippen molar-refractivity contribution >= 4 is 11.6 Å². The topological polar surface area (TPSA) is 35.2 Å². The van der Waals surface area contributed by atoms with Crippen LogP contribution in [0.5, 0.6) is 11.5 Å². The zero-order valence-electron chi connectivity index (χ0n) is 11.9. The van der Waals surface area contributed by atoms with Crippen LogP contribution >= 0.6 is 11.6 Å². The van der Waals surface area contributed by atoms with Crippen LogP contribution in [0.1, 0.15) is 25.0 Å². The number of benzene rings is 2. The Balaban J connectivity index is 2.22. The highest BCUT2D eigenvalue weighted by Gasteiger charge is 2.08. The maximum absolute atomic E-state index is 6.05. The average molecular weight is 290 g/mol. The van der Waals surface area contributed by atoms with E-state index in [9.17, 15) is 0 Å². The summed E-state index contributed by atoms with van der Waals surface area (Å²) >= 11 is 6.05. The van der Waals surface area contributed by atoms with Crippen LogP contribution in [0.4, 0.5) is 0 Å². The van der Waals surface area contributed by atoms with Gasteiger partial charge in [-0.25, -0.2) is 0 Å². The van der Waals surface area contributed by atoms with E-state index in [2.05, 4.69) is 19.1 Å². The zero-order chi connectivity index (χ0) is 14.5. The number of halogens is 1. The van der Waals surface area contributed by atoms with Crippen molar-refractivity contribution in [2.75, 3.05) is 0 Å². The average Bonchev–Trinajstić information content (AvgIpc) is 2.42. The SMILES string of the molecule is CCc1ccc(Oc2ccc(Cl)cc2CC(C)N)cc1. The highest BCUT2D eigenvalue weighted by molar-refractivity contribution is 6.30. The number of hydrogen-bond donors (Lipinski definition) is 1. The first-order valence-electron chi connectivity index (χ1n) is 6.89. The quantitative estimate of drug-likeness (QED) is 0.874. The number of nitrogens with two attached hydrogens (primary N) is 1. The lowest BCUT2D eigenvalue weighted by Crippen LogP contribution is -2.18. The molecule has 2 aromatic rings. The first kappa shape index (κ1) is 14.9. The van der Waals surface area contributed by atoms with Crippen LogP contribution in [-0.2, 0) is 12.8 Å². The minimum absolute atomic E-state index is 0.0679. The van der Waals surface area contributed by atoms with Gasteiger partial charge in [0.05, 0.1) is 0 Å². The Hall–Kier alpha value is -1.51. The first-order chi connectivity index (χ1) is 9.58. The lowest BCUT2D eigenvalue weighted by atomic mass is 10.1. The highest BCUT2D eigenvalue weighted by Crippen LogP contribution is 2.29. The molecule has 20 heavy (non-hydrogen) atoms. The van der Waals surface area contributed by atoms with Gasteiger partial charge in [-0.05, 0) is 61.2 Å². The minimum atomic E-state index is 0.0679. The Morgan fingerprint density at radius 3 is 2.45 bits per heavy atom. The summed E-state index contributed by atoms with van der Waals surface area (Å²) in [6.45, 7) is 4.11. The predicted molar refractivity (Wildman–Crippen MR) is 84.7 cm³/mol. The number of rotatable bonds is 5. The molecule has 0 aliphatic heterocycles. The number of aryl methyl sites for hydroxylation is 1. The lowest BCUT2D eigenvalue weighted by molar-refractivity contribution is 0.473. The van der Waals surface area contributed by atoms with Crippen LogP contribution in [0, 0.1) is 0 Å². The molecule has 2 nitrogen and oxygen atoms in total. The van der Waals surface area contributed by atoms with Gasteiger partial charge < -0.3 is 10.5 Å². The van der Waals surface area contributed by atoms with E-state index in [1.807, 2.05) is 37.3 Å². The number of ether oxygens (including phenoxy) is 1. The van der Waals surface area contributed by atoms with Crippen LogP contribution in [0.25, 0.3) is 0 Å². The molecule has 0 amide bonds. The summed E-state index contributed by atoms with van der Waals surface area (Å²) in [6.07, 6.45) is 1.76. The van der Waals surface area contributed by atoms with Gasteiger partial charge in [0, 0.05) is 11.1 Å². The van der Waals surface area contributed by atoms with Crippen LogP contribution < -0.4 is 10.5 Å². The molecular formula is C17H20ClNO. The van der Waals surface area contributed by atoms with Gasteiger partial charge in [0.15, 0.2) is 0 Å². The second-order valence-corrected chi connectivity index (χ2v) is 5.47. The van der Waals surface area contributed by atoms with Crippen molar-refractivity contribution in [2.24, 2.45) is 5.73 Å². The smallest absolute Gasteiger partial charge is 0.130 e. The van der Waals surface area contributed by atoms with E-state index >= 15 is 0 Å². The van der Waals surface area contributed by atoms with Gasteiger partial charge in [0.2, 0.25) is 0 Å². The van der Waals surface area contributed by atoms with Gasteiger partial charge in [-0.2, -0.15) is 0 Å². The molecule has 0 saturated heterocycles. The van der Waals surface area contributed by atoms with Crippen molar-refractivity contribution in [3.8, 4) is 11.5 Å². The van der Waals surface area contributed by atoms with E-state index in [0.717, 1.165) is 29.9 Å². The Bertz CT molecular complexity index is 564. The van der Waals surface area contributed by atoms with E-state index in [0.29, 0.717) is 5.02 Å². The lowest BCUT2D eigenvalue weighted by Gasteiger charge is -2.13. The zero-order valence-corrected chi connectivity index (χ0v) is 12.7. The predicted octanol–water partition coefficient (Wildman–Crippen LogP) is 4.58. The standard InChI is InChI=1S/C17H20ClNO/c1-3-13-4-7-16(8-5-13)20-17-9-6-15(18)11-14(17)10-12(2)19/h4-9,11-12H,3,10,19H2,1-2H3. The fourth-order valence-electron chi connectivity index (χ4n) is 2.07. The molecule has 0 spiro atoms. The molecule has 0 bridgehead atoms. The minimum Gasteiger partial charge on any atom is -0.457 e. The van der Waals surface area contributed by atoms with Gasteiger partial charge in [0.25, 0.3) is 0 Å². The van der Waals surface area contributed by atoms with Gasteiger partial charge >= 0.3 is 0 Å². The fraction of sp³-hybridized carbons (Fsp3) is 0.294. The molecule has 1 unspecified atom stereocenters. The van der Waals surface area contributed by atoms with Crippen LogP contribution in [0.3, 0.4) is 0 Å².